The van der Waals surface area contributed by atoms with Gasteiger partial charge in [-0.05, 0) is 43.9 Å². The lowest BCUT2D eigenvalue weighted by Crippen LogP contribution is -2.31. The van der Waals surface area contributed by atoms with Gasteiger partial charge in [0.2, 0.25) is 0 Å². The first-order valence-corrected chi connectivity index (χ1v) is 8.81. The Kier molecular flexibility index (Phi) is 4.89. The van der Waals surface area contributed by atoms with Crippen LogP contribution in [0.2, 0.25) is 0 Å². The van der Waals surface area contributed by atoms with E-state index in [1.807, 2.05) is 23.1 Å². The molecule has 0 spiro atoms. The molecule has 4 heteroatoms. The van der Waals surface area contributed by atoms with Crippen LogP contribution in [0.15, 0.2) is 18.2 Å². The van der Waals surface area contributed by atoms with Gasteiger partial charge in [-0.1, -0.05) is 26.7 Å². The summed E-state index contributed by atoms with van der Waals surface area (Å²) in [6, 6.07) is 5.75. The molecule has 2 heterocycles. The maximum atomic E-state index is 12.8. The number of aryl methyl sites for hydroxylation is 2. The van der Waals surface area contributed by atoms with Crippen molar-refractivity contribution in [2.24, 2.45) is 0 Å². The zero-order valence-corrected chi connectivity index (χ0v) is 14.1. The average Bonchev–Trinajstić information content (AvgIpc) is 2.88. The number of fused-ring (bicyclic) bond motifs is 1. The first-order valence-electron chi connectivity index (χ1n) is 8.81. The molecule has 122 valence electrons. The summed E-state index contributed by atoms with van der Waals surface area (Å²) < 4.78 is 0. The molecule has 0 unspecified atom stereocenters. The summed E-state index contributed by atoms with van der Waals surface area (Å²) >= 11 is 0. The number of carbonyl (C=O) groups excluding carboxylic acids is 1. The van der Waals surface area contributed by atoms with Crippen LogP contribution in [0.5, 0.6) is 0 Å². The van der Waals surface area contributed by atoms with Crippen LogP contribution in [-0.2, 0) is 12.8 Å². The molecule has 0 bridgehead atoms. The summed E-state index contributed by atoms with van der Waals surface area (Å²) in [6.45, 7) is 5.95. The van der Waals surface area contributed by atoms with E-state index in [1.54, 1.807) is 0 Å². The summed E-state index contributed by atoms with van der Waals surface area (Å²) in [7, 11) is 0. The number of benzene rings is 1. The van der Waals surface area contributed by atoms with Gasteiger partial charge in [0.05, 0.1) is 22.4 Å². The predicted octanol–water partition coefficient (Wildman–Crippen LogP) is 3.77. The van der Waals surface area contributed by atoms with Gasteiger partial charge >= 0.3 is 0 Å². The standard InChI is InChI=1S/C19H25N3O/c1-3-15-16(4-2)21-18-13-14(9-10-17(18)20-15)19(23)22-11-7-5-6-8-12-22/h9-10,13H,3-8,11-12H2,1-2H3. The first kappa shape index (κ1) is 15.9. The Morgan fingerprint density at radius 1 is 0.957 bits per heavy atom. The molecular weight excluding hydrogens is 286 g/mol. The summed E-state index contributed by atoms with van der Waals surface area (Å²) in [6.07, 6.45) is 6.44. The molecule has 0 aliphatic carbocycles. The molecule has 23 heavy (non-hydrogen) atoms. The van der Waals surface area contributed by atoms with Crippen molar-refractivity contribution in [2.75, 3.05) is 13.1 Å². The van der Waals surface area contributed by atoms with Crippen LogP contribution >= 0.6 is 0 Å². The second kappa shape index (κ2) is 7.07. The van der Waals surface area contributed by atoms with Crippen molar-refractivity contribution in [3.8, 4) is 0 Å². The maximum absolute atomic E-state index is 12.8. The molecule has 1 saturated heterocycles. The summed E-state index contributed by atoms with van der Waals surface area (Å²) in [5.41, 5.74) is 4.55. The normalized spacial score (nSPS) is 15.7. The molecule has 1 aromatic heterocycles. The molecule has 1 amide bonds. The predicted molar refractivity (Wildman–Crippen MR) is 92.7 cm³/mol. The minimum Gasteiger partial charge on any atom is -0.339 e. The van der Waals surface area contributed by atoms with Gasteiger partial charge in [-0.3, -0.25) is 4.79 Å². The number of rotatable bonds is 3. The lowest BCUT2D eigenvalue weighted by Gasteiger charge is -2.20. The van der Waals surface area contributed by atoms with Crippen molar-refractivity contribution >= 4 is 16.9 Å². The minimum absolute atomic E-state index is 0.133. The Hall–Kier alpha value is -1.97. The van der Waals surface area contributed by atoms with Crippen LogP contribution < -0.4 is 0 Å². The van der Waals surface area contributed by atoms with E-state index in [1.165, 1.54) is 12.8 Å². The second-order valence-electron chi connectivity index (χ2n) is 6.23. The van der Waals surface area contributed by atoms with E-state index >= 15 is 0 Å². The molecule has 0 radical (unpaired) electrons. The highest BCUT2D eigenvalue weighted by Gasteiger charge is 2.18. The molecular formula is C19H25N3O. The van der Waals surface area contributed by atoms with E-state index in [-0.39, 0.29) is 5.91 Å². The van der Waals surface area contributed by atoms with Gasteiger partial charge in [-0.25, -0.2) is 9.97 Å². The van der Waals surface area contributed by atoms with Crippen molar-refractivity contribution in [3.63, 3.8) is 0 Å². The van der Waals surface area contributed by atoms with Crippen molar-refractivity contribution in [1.29, 1.82) is 0 Å². The lowest BCUT2D eigenvalue weighted by molar-refractivity contribution is 0.0762. The second-order valence-corrected chi connectivity index (χ2v) is 6.23. The zero-order chi connectivity index (χ0) is 16.2. The Labute approximate surface area is 137 Å². The molecule has 1 aliphatic heterocycles. The number of likely N-dealkylation sites (tertiary alicyclic amines) is 1. The molecule has 0 saturated carbocycles. The number of carbonyl (C=O) groups is 1. The third-order valence-corrected chi connectivity index (χ3v) is 4.63. The van der Waals surface area contributed by atoms with Crippen molar-refractivity contribution in [2.45, 2.75) is 52.4 Å². The molecule has 1 aliphatic rings. The fraction of sp³-hybridized carbons (Fsp3) is 0.526. The highest BCUT2D eigenvalue weighted by molar-refractivity contribution is 5.97. The number of hydrogen-bond acceptors (Lipinski definition) is 3. The fourth-order valence-electron chi connectivity index (χ4n) is 3.28. The van der Waals surface area contributed by atoms with Gasteiger partial charge < -0.3 is 4.90 Å². The van der Waals surface area contributed by atoms with Crippen LogP contribution in [0.4, 0.5) is 0 Å². The van der Waals surface area contributed by atoms with Crippen molar-refractivity contribution in [3.05, 3.63) is 35.2 Å². The smallest absolute Gasteiger partial charge is 0.253 e. The third kappa shape index (κ3) is 3.36. The van der Waals surface area contributed by atoms with E-state index in [4.69, 9.17) is 9.97 Å². The summed E-state index contributed by atoms with van der Waals surface area (Å²) in [5, 5.41) is 0. The van der Waals surface area contributed by atoms with Crippen molar-refractivity contribution < 1.29 is 4.79 Å². The highest BCUT2D eigenvalue weighted by Crippen LogP contribution is 2.19. The number of amides is 1. The number of hydrogen-bond donors (Lipinski definition) is 0. The van der Waals surface area contributed by atoms with Crippen LogP contribution in [0.25, 0.3) is 11.0 Å². The van der Waals surface area contributed by atoms with Gasteiger partial charge in [0, 0.05) is 18.7 Å². The molecule has 1 fully saturated rings. The van der Waals surface area contributed by atoms with E-state index in [0.29, 0.717) is 0 Å². The Balaban J connectivity index is 1.93. The Bertz CT molecular complexity index is 703. The zero-order valence-electron chi connectivity index (χ0n) is 14.1. The molecule has 4 nitrogen and oxygen atoms in total. The van der Waals surface area contributed by atoms with Gasteiger partial charge in [-0.2, -0.15) is 0 Å². The van der Waals surface area contributed by atoms with E-state index in [9.17, 15) is 4.79 Å². The molecule has 1 aromatic carbocycles. The average molecular weight is 311 g/mol. The fourth-order valence-corrected chi connectivity index (χ4v) is 3.28. The van der Waals surface area contributed by atoms with Gasteiger partial charge in [0.1, 0.15) is 0 Å². The summed E-state index contributed by atoms with van der Waals surface area (Å²) in [5.74, 6) is 0.133. The molecule has 0 atom stereocenters. The van der Waals surface area contributed by atoms with Crippen LogP contribution in [0, 0.1) is 0 Å². The molecule has 2 aromatic rings. The van der Waals surface area contributed by atoms with Crippen LogP contribution in [-0.4, -0.2) is 33.9 Å². The quantitative estimate of drug-likeness (QED) is 0.867. The van der Waals surface area contributed by atoms with E-state index in [0.717, 1.165) is 66.8 Å². The van der Waals surface area contributed by atoms with Crippen LogP contribution in [0.1, 0.15) is 61.3 Å². The van der Waals surface area contributed by atoms with Gasteiger partial charge in [0.15, 0.2) is 0 Å². The SMILES string of the molecule is CCc1nc2ccc(C(=O)N3CCCCCC3)cc2nc1CC. The molecule has 3 rings (SSSR count). The van der Waals surface area contributed by atoms with Gasteiger partial charge in [0.25, 0.3) is 5.91 Å². The van der Waals surface area contributed by atoms with E-state index in [2.05, 4.69) is 13.8 Å². The number of aromatic nitrogens is 2. The largest absolute Gasteiger partial charge is 0.339 e. The summed E-state index contributed by atoms with van der Waals surface area (Å²) in [4.78, 5) is 24.2. The minimum atomic E-state index is 0.133. The Morgan fingerprint density at radius 2 is 1.57 bits per heavy atom. The molecule has 0 N–H and O–H groups in total. The van der Waals surface area contributed by atoms with Crippen molar-refractivity contribution in [1.82, 2.24) is 14.9 Å². The maximum Gasteiger partial charge on any atom is 0.253 e. The van der Waals surface area contributed by atoms with E-state index < -0.39 is 0 Å². The topological polar surface area (TPSA) is 46.1 Å². The number of nitrogens with zero attached hydrogens (tertiary/aromatic N) is 3. The van der Waals surface area contributed by atoms with Gasteiger partial charge in [-0.15, -0.1) is 0 Å². The lowest BCUT2D eigenvalue weighted by atomic mass is 10.1. The monoisotopic (exact) mass is 311 g/mol. The van der Waals surface area contributed by atoms with Crippen LogP contribution in [0.3, 0.4) is 0 Å². The third-order valence-electron chi connectivity index (χ3n) is 4.63. The Morgan fingerprint density at radius 3 is 2.17 bits per heavy atom. The first-order chi connectivity index (χ1) is 11.2. The highest BCUT2D eigenvalue weighted by atomic mass is 16.2.